The van der Waals surface area contributed by atoms with E-state index in [0.29, 0.717) is 23.3 Å². The van der Waals surface area contributed by atoms with E-state index in [2.05, 4.69) is 19.9 Å². The largest absolute Gasteiger partial charge is 0.305 e. The van der Waals surface area contributed by atoms with Gasteiger partial charge < -0.3 is 4.98 Å². The quantitative estimate of drug-likeness (QED) is 0.843. The molecule has 86 valence electrons. The summed E-state index contributed by atoms with van der Waals surface area (Å²) in [7, 11) is 0. The summed E-state index contributed by atoms with van der Waals surface area (Å²) in [5, 5.41) is 0. The van der Waals surface area contributed by atoms with E-state index in [4.69, 9.17) is 0 Å². The van der Waals surface area contributed by atoms with E-state index >= 15 is 0 Å². The van der Waals surface area contributed by atoms with Crippen molar-refractivity contribution >= 4 is 0 Å². The lowest BCUT2D eigenvalue weighted by Crippen LogP contribution is -2.10. The highest BCUT2D eigenvalue weighted by Crippen LogP contribution is 2.38. The molecule has 1 aliphatic rings. The molecule has 1 saturated carbocycles. The van der Waals surface area contributed by atoms with Crippen LogP contribution in [0.5, 0.6) is 0 Å². The molecule has 17 heavy (non-hydrogen) atoms. The predicted octanol–water partition coefficient (Wildman–Crippen LogP) is 1.41. The van der Waals surface area contributed by atoms with Gasteiger partial charge in [0.05, 0.1) is 5.69 Å². The number of nitrogens with one attached hydrogen (secondary N) is 1. The predicted molar refractivity (Wildman–Crippen MR) is 62.6 cm³/mol. The normalized spacial score (nSPS) is 14.9. The molecule has 0 amide bonds. The lowest BCUT2D eigenvalue weighted by molar-refractivity contribution is 0.959. The monoisotopic (exact) mass is 228 g/mol. The summed E-state index contributed by atoms with van der Waals surface area (Å²) in [6.45, 7) is 1.81. The second kappa shape index (κ2) is 3.76. The SMILES string of the molecule is Cc1nccc(-c2nc(C3CC3)cc(=O)[nH]2)n1. The number of hydrogen-bond donors (Lipinski definition) is 1. The third-order valence-electron chi connectivity index (χ3n) is 2.78. The molecule has 0 spiro atoms. The third kappa shape index (κ3) is 2.08. The molecule has 0 atom stereocenters. The van der Waals surface area contributed by atoms with E-state index in [1.165, 1.54) is 0 Å². The topological polar surface area (TPSA) is 71.5 Å². The first-order valence-corrected chi connectivity index (χ1v) is 5.63. The van der Waals surface area contributed by atoms with Crippen LogP contribution in [0, 0.1) is 6.92 Å². The van der Waals surface area contributed by atoms with Crippen LogP contribution in [0.2, 0.25) is 0 Å². The molecule has 0 saturated heterocycles. The summed E-state index contributed by atoms with van der Waals surface area (Å²) in [5.74, 6) is 1.66. The van der Waals surface area contributed by atoms with E-state index in [0.717, 1.165) is 18.5 Å². The summed E-state index contributed by atoms with van der Waals surface area (Å²) < 4.78 is 0. The van der Waals surface area contributed by atoms with E-state index < -0.39 is 0 Å². The number of aryl methyl sites for hydroxylation is 1. The molecule has 1 fully saturated rings. The van der Waals surface area contributed by atoms with Gasteiger partial charge in [-0.05, 0) is 25.8 Å². The van der Waals surface area contributed by atoms with Crippen LogP contribution in [-0.4, -0.2) is 19.9 Å². The maximum atomic E-state index is 11.6. The van der Waals surface area contributed by atoms with Crippen molar-refractivity contribution in [2.45, 2.75) is 25.7 Å². The van der Waals surface area contributed by atoms with E-state index in [1.54, 1.807) is 18.3 Å². The molecule has 2 heterocycles. The molecule has 0 aliphatic heterocycles. The van der Waals surface area contributed by atoms with Gasteiger partial charge in [0.1, 0.15) is 11.5 Å². The number of H-pyrrole nitrogens is 1. The van der Waals surface area contributed by atoms with Crippen LogP contribution in [0.4, 0.5) is 0 Å². The number of hydrogen-bond acceptors (Lipinski definition) is 4. The molecule has 2 aromatic heterocycles. The van der Waals surface area contributed by atoms with Crippen LogP contribution >= 0.6 is 0 Å². The molecule has 0 aromatic carbocycles. The zero-order chi connectivity index (χ0) is 11.8. The van der Waals surface area contributed by atoms with Gasteiger partial charge in [-0.25, -0.2) is 15.0 Å². The van der Waals surface area contributed by atoms with Gasteiger partial charge in [-0.1, -0.05) is 0 Å². The Morgan fingerprint density at radius 3 is 2.88 bits per heavy atom. The Morgan fingerprint density at radius 1 is 1.35 bits per heavy atom. The van der Waals surface area contributed by atoms with Gasteiger partial charge in [0.25, 0.3) is 5.56 Å². The van der Waals surface area contributed by atoms with Gasteiger partial charge in [0, 0.05) is 18.2 Å². The number of aromatic nitrogens is 4. The van der Waals surface area contributed by atoms with Crippen molar-refractivity contribution in [2.24, 2.45) is 0 Å². The van der Waals surface area contributed by atoms with Crippen molar-refractivity contribution in [2.75, 3.05) is 0 Å². The zero-order valence-corrected chi connectivity index (χ0v) is 9.47. The van der Waals surface area contributed by atoms with Gasteiger partial charge in [0.15, 0.2) is 5.82 Å². The molecular weight excluding hydrogens is 216 g/mol. The van der Waals surface area contributed by atoms with Crippen LogP contribution in [0.3, 0.4) is 0 Å². The summed E-state index contributed by atoms with van der Waals surface area (Å²) in [6.07, 6.45) is 3.92. The Balaban J connectivity index is 2.10. The Labute approximate surface area is 98.0 Å². The standard InChI is InChI=1S/C12H12N4O/c1-7-13-5-4-9(14-7)12-15-10(8-2-3-8)6-11(17)16-12/h4-6,8H,2-3H2,1H3,(H,15,16,17). The van der Waals surface area contributed by atoms with Gasteiger partial charge in [-0.15, -0.1) is 0 Å². The fraction of sp³-hybridized carbons (Fsp3) is 0.333. The minimum atomic E-state index is -0.117. The van der Waals surface area contributed by atoms with Gasteiger partial charge in [-0.2, -0.15) is 0 Å². The first-order chi connectivity index (χ1) is 8.22. The molecule has 2 aromatic rings. The molecule has 1 N–H and O–H groups in total. The van der Waals surface area contributed by atoms with Crippen molar-refractivity contribution in [3.8, 4) is 11.5 Å². The highest BCUT2D eigenvalue weighted by Gasteiger charge is 2.26. The summed E-state index contributed by atoms with van der Waals surface area (Å²) in [6, 6.07) is 3.33. The summed E-state index contributed by atoms with van der Waals surface area (Å²) >= 11 is 0. The highest BCUT2D eigenvalue weighted by molar-refractivity contribution is 5.48. The second-order valence-corrected chi connectivity index (χ2v) is 4.28. The Kier molecular flexibility index (Phi) is 2.24. The fourth-order valence-corrected chi connectivity index (χ4v) is 1.77. The van der Waals surface area contributed by atoms with Crippen LogP contribution in [-0.2, 0) is 0 Å². The number of nitrogens with zero attached hydrogens (tertiary/aromatic N) is 3. The van der Waals surface area contributed by atoms with Crippen LogP contribution in [0.15, 0.2) is 23.1 Å². The maximum absolute atomic E-state index is 11.6. The van der Waals surface area contributed by atoms with E-state index in [-0.39, 0.29) is 5.56 Å². The van der Waals surface area contributed by atoms with Crippen molar-refractivity contribution in [1.29, 1.82) is 0 Å². The molecule has 0 bridgehead atoms. The molecule has 3 rings (SSSR count). The van der Waals surface area contributed by atoms with E-state index in [9.17, 15) is 4.79 Å². The maximum Gasteiger partial charge on any atom is 0.251 e. The van der Waals surface area contributed by atoms with Crippen LogP contribution in [0.25, 0.3) is 11.5 Å². The van der Waals surface area contributed by atoms with Crippen molar-refractivity contribution < 1.29 is 0 Å². The summed E-state index contributed by atoms with van der Waals surface area (Å²) in [4.78, 5) is 27.0. The van der Waals surface area contributed by atoms with E-state index in [1.807, 2.05) is 6.92 Å². The Bertz CT molecular complexity index is 616. The van der Waals surface area contributed by atoms with Crippen molar-refractivity contribution in [1.82, 2.24) is 19.9 Å². The third-order valence-corrected chi connectivity index (χ3v) is 2.78. The lowest BCUT2D eigenvalue weighted by atomic mass is 10.2. The lowest BCUT2D eigenvalue weighted by Gasteiger charge is -2.03. The van der Waals surface area contributed by atoms with Crippen molar-refractivity contribution in [3.63, 3.8) is 0 Å². The number of rotatable bonds is 2. The average Bonchev–Trinajstić information content (AvgIpc) is 3.12. The molecule has 0 unspecified atom stereocenters. The molecular formula is C12H12N4O. The molecule has 0 radical (unpaired) electrons. The highest BCUT2D eigenvalue weighted by atomic mass is 16.1. The zero-order valence-electron chi connectivity index (χ0n) is 9.47. The minimum absolute atomic E-state index is 0.117. The Morgan fingerprint density at radius 2 is 2.18 bits per heavy atom. The first kappa shape index (κ1) is 10.1. The van der Waals surface area contributed by atoms with Crippen LogP contribution in [0.1, 0.15) is 30.3 Å². The average molecular weight is 228 g/mol. The number of aromatic amines is 1. The van der Waals surface area contributed by atoms with Gasteiger partial charge in [0.2, 0.25) is 0 Å². The molecule has 1 aliphatic carbocycles. The second-order valence-electron chi connectivity index (χ2n) is 4.28. The van der Waals surface area contributed by atoms with Crippen molar-refractivity contribution in [3.05, 3.63) is 40.2 Å². The minimum Gasteiger partial charge on any atom is -0.305 e. The van der Waals surface area contributed by atoms with Gasteiger partial charge >= 0.3 is 0 Å². The van der Waals surface area contributed by atoms with Crippen LogP contribution < -0.4 is 5.56 Å². The van der Waals surface area contributed by atoms with Gasteiger partial charge in [-0.3, -0.25) is 4.79 Å². The summed E-state index contributed by atoms with van der Waals surface area (Å²) in [5.41, 5.74) is 1.42. The smallest absolute Gasteiger partial charge is 0.251 e. The fourth-order valence-electron chi connectivity index (χ4n) is 1.77. The first-order valence-electron chi connectivity index (χ1n) is 5.63. The molecule has 5 nitrogen and oxygen atoms in total. The Hall–Kier alpha value is -2.04. The molecule has 5 heteroatoms.